The second-order valence-corrected chi connectivity index (χ2v) is 5.47. The zero-order chi connectivity index (χ0) is 16.4. The maximum atomic E-state index is 12.2. The van der Waals surface area contributed by atoms with Gasteiger partial charge in [0.15, 0.2) is 0 Å². The van der Waals surface area contributed by atoms with Gasteiger partial charge in [0.1, 0.15) is 5.56 Å². The largest absolute Gasteiger partial charge is 0.481 e. The highest BCUT2D eigenvalue weighted by atomic mass is 16.4. The lowest BCUT2D eigenvalue weighted by Crippen LogP contribution is -2.52. The van der Waals surface area contributed by atoms with Crippen LogP contribution in [-0.2, 0) is 11.8 Å². The summed E-state index contributed by atoms with van der Waals surface area (Å²) in [5.41, 5.74) is -2.62. The number of hydrogen-bond donors (Lipinski definition) is 3. The Labute approximate surface area is 120 Å². The normalized spacial score (nSPS) is 13.8. The summed E-state index contributed by atoms with van der Waals surface area (Å²) in [5.74, 6) is -1.94. The molecule has 1 rings (SSSR count). The van der Waals surface area contributed by atoms with Gasteiger partial charge < -0.3 is 15.4 Å². The highest BCUT2D eigenvalue weighted by Gasteiger charge is 2.33. The van der Waals surface area contributed by atoms with Gasteiger partial charge in [-0.25, -0.2) is 4.79 Å². The highest BCUT2D eigenvalue weighted by molar-refractivity contribution is 5.94. The van der Waals surface area contributed by atoms with Gasteiger partial charge in [-0.3, -0.25) is 19.0 Å². The molecule has 0 spiro atoms. The molecule has 0 bridgehead atoms. The predicted octanol–water partition coefficient (Wildman–Crippen LogP) is -0.307. The van der Waals surface area contributed by atoms with Gasteiger partial charge in [-0.2, -0.15) is 0 Å². The van der Waals surface area contributed by atoms with E-state index in [1.165, 1.54) is 7.05 Å². The van der Waals surface area contributed by atoms with Crippen LogP contribution in [0.3, 0.4) is 0 Å². The summed E-state index contributed by atoms with van der Waals surface area (Å²) >= 11 is 0. The molecule has 0 fully saturated rings. The average molecular weight is 297 g/mol. The number of aromatic amines is 1. The first kappa shape index (κ1) is 16.7. The fourth-order valence-corrected chi connectivity index (χ4v) is 1.76. The van der Waals surface area contributed by atoms with Crippen LogP contribution in [0.2, 0.25) is 0 Å². The van der Waals surface area contributed by atoms with E-state index in [0.717, 1.165) is 10.8 Å². The van der Waals surface area contributed by atoms with E-state index in [1.807, 2.05) is 0 Å². The number of hydrogen-bond acceptors (Lipinski definition) is 4. The van der Waals surface area contributed by atoms with Crippen LogP contribution in [0.15, 0.2) is 15.8 Å². The van der Waals surface area contributed by atoms with E-state index in [2.05, 4.69) is 10.3 Å². The maximum Gasteiger partial charge on any atom is 0.328 e. The van der Waals surface area contributed by atoms with Crippen LogP contribution in [0.25, 0.3) is 0 Å². The maximum absolute atomic E-state index is 12.2. The van der Waals surface area contributed by atoms with Gasteiger partial charge in [-0.05, 0) is 12.8 Å². The number of carboxylic acid groups (broad SMARTS) is 1. The Morgan fingerprint density at radius 2 is 2.00 bits per heavy atom. The van der Waals surface area contributed by atoms with Crippen LogP contribution in [0.4, 0.5) is 0 Å². The summed E-state index contributed by atoms with van der Waals surface area (Å²) in [6, 6.07) is 0. The molecule has 0 aliphatic carbocycles. The van der Waals surface area contributed by atoms with Crippen molar-refractivity contribution in [3.8, 4) is 0 Å². The smallest absolute Gasteiger partial charge is 0.328 e. The van der Waals surface area contributed by atoms with Crippen molar-refractivity contribution in [3.63, 3.8) is 0 Å². The quantitative estimate of drug-likeness (QED) is 0.688. The minimum atomic E-state index is -1.05. The zero-order valence-corrected chi connectivity index (χ0v) is 12.4. The summed E-state index contributed by atoms with van der Waals surface area (Å²) in [4.78, 5) is 48.5. The van der Waals surface area contributed by atoms with E-state index < -0.39 is 28.7 Å². The predicted molar refractivity (Wildman–Crippen MR) is 75.3 cm³/mol. The number of carbonyl (C=O) groups excluding carboxylic acids is 1. The molecule has 8 nitrogen and oxygen atoms in total. The van der Waals surface area contributed by atoms with Crippen molar-refractivity contribution in [2.75, 3.05) is 0 Å². The molecule has 0 aromatic carbocycles. The van der Waals surface area contributed by atoms with Gasteiger partial charge in [0.05, 0.1) is 12.0 Å². The fourth-order valence-electron chi connectivity index (χ4n) is 1.76. The second-order valence-electron chi connectivity index (χ2n) is 5.47. The second kappa shape index (κ2) is 5.94. The van der Waals surface area contributed by atoms with E-state index in [1.54, 1.807) is 20.8 Å². The highest BCUT2D eigenvalue weighted by Crippen LogP contribution is 2.21. The molecule has 0 aliphatic heterocycles. The minimum absolute atomic E-state index is 0.163. The van der Waals surface area contributed by atoms with Gasteiger partial charge >= 0.3 is 11.7 Å². The standard InChI is InChI=1S/C13H19N3O5/c1-7(2)13(3,5-9(17)18)15-10(19)8-6-14-12(21)16(4)11(8)20/h6-7H,5H2,1-4H3,(H,14,21)(H,15,19)(H,17,18). The number of H-pyrrole nitrogens is 1. The molecule has 8 heteroatoms. The molecule has 116 valence electrons. The SMILES string of the molecule is CC(C)C(C)(CC(=O)O)NC(=O)c1c[nH]c(=O)n(C)c1=O. The van der Waals surface area contributed by atoms with E-state index in [-0.39, 0.29) is 17.9 Å². The Kier molecular flexibility index (Phi) is 4.72. The van der Waals surface area contributed by atoms with Crippen molar-refractivity contribution in [3.05, 3.63) is 32.6 Å². The van der Waals surface area contributed by atoms with Gasteiger partial charge in [-0.1, -0.05) is 13.8 Å². The fraction of sp³-hybridized carbons (Fsp3) is 0.538. The van der Waals surface area contributed by atoms with Crippen molar-refractivity contribution >= 4 is 11.9 Å². The number of aliphatic carboxylic acids is 1. The number of carboxylic acids is 1. The lowest BCUT2D eigenvalue weighted by atomic mass is 9.85. The first-order valence-electron chi connectivity index (χ1n) is 6.41. The van der Waals surface area contributed by atoms with Crippen LogP contribution in [0.5, 0.6) is 0 Å². The van der Waals surface area contributed by atoms with Crippen LogP contribution in [-0.4, -0.2) is 32.1 Å². The number of aromatic nitrogens is 2. The summed E-state index contributed by atoms with van der Waals surface area (Å²) < 4.78 is 0.777. The van der Waals surface area contributed by atoms with Crippen molar-refractivity contribution in [2.24, 2.45) is 13.0 Å². The lowest BCUT2D eigenvalue weighted by molar-refractivity contribution is -0.138. The van der Waals surface area contributed by atoms with E-state index >= 15 is 0 Å². The first-order chi connectivity index (χ1) is 9.58. The molecular weight excluding hydrogens is 278 g/mol. The molecular formula is C13H19N3O5. The van der Waals surface area contributed by atoms with Crippen molar-refractivity contribution in [1.82, 2.24) is 14.9 Å². The Morgan fingerprint density at radius 3 is 2.48 bits per heavy atom. The Balaban J connectivity index is 3.15. The molecule has 1 amide bonds. The summed E-state index contributed by atoms with van der Waals surface area (Å²) in [7, 11) is 1.25. The van der Waals surface area contributed by atoms with Crippen LogP contribution in [0, 0.1) is 5.92 Å². The third-order valence-electron chi connectivity index (χ3n) is 3.62. The Morgan fingerprint density at radius 1 is 1.43 bits per heavy atom. The minimum Gasteiger partial charge on any atom is -0.481 e. The topological polar surface area (TPSA) is 121 Å². The first-order valence-corrected chi connectivity index (χ1v) is 6.41. The molecule has 0 radical (unpaired) electrons. The monoisotopic (exact) mass is 297 g/mol. The number of nitrogens with one attached hydrogen (secondary N) is 2. The third kappa shape index (κ3) is 3.59. The Hall–Kier alpha value is -2.38. The van der Waals surface area contributed by atoms with E-state index in [9.17, 15) is 19.2 Å². The Bertz CT molecular complexity index is 673. The molecule has 3 N–H and O–H groups in total. The molecule has 1 aromatic rings. The molecule has 1 atom stereocenters. The van der Waals surface area contributed by atoms with Gasteiger partial charge in [0, 0.05) is 13.2 Å². The molecule has 0 saturated heterocycles. The van der Waals surface area contributed by atoms with Crippen LogP contribution < -0.4 is 16.6 Å². The molecule has 0 aliphatic rings. The zero-order valence-electron chi connectivity index (χ0n) is 12.4. The van der Waals surface area contributed by atoms with Crippen molar-refractivity contribution in [1.29, 1.82) is 0 Å². The van der Waals surface area contributed by atoms with E-state index in [4.69, 9.17) is 5.11 Å². The number of nitrogens with zero attached hydrogens (tertiary/aromatic N) is 1. The third-order valence-corrected chi connectivity index (χ3v) is 3.62. The molecule has 1 heterocycles. The van der Waals surface area contributed by atoms with Crippen molar-refractivity contribution < 1.29 is 14.7 Å². The van der Waals surface area contributed by atoms with Crippen molar-refractivity contribution in [2.45, 2.75) is 32.7 Å². The van der Waals surface area contributed by atoms with Gasteiger partial charge in [0.2, 0.25) is 0 Å². The lowest BCUT2D eigenvalue weighted by Gasteiger charge is -2.33. The summed E-state index contributed by atoms with van der Waals surface area (Å²) in [6.45, 7) is 5.14. The molecule has 1 unspecified atom stereocenters. The van der Waals surface area contributed by atoms with Crippen LogP contribution in [0.1, 0.15) is 37.6 Å². The summed E-state index contributed by atoms with van der Waals surface area (Å²) in [5, 5.41) is 11.5. The van der Waals surface area contributed by atoms with Gasteiger partial charge in [-0.15, -0.1) is 0 Å². The number of amides is 1. The molecule has 1 aromatic heterocycles. The summed E-state index contributed by atoms with van der Waals surface area (Å²) in [6.07, 6.45) is 0.752. The molecule has 21 heavy (non-hydrogen) atoms. The van der Waals surface area contributed by atoms with Gasteiger partial charge in [0.25, 0.3) is 11.5 Å². The average Bonchev–Trinajstić information content (AvgIpc) is 2.34. The molecule has 0 saturated carbocycles. The van der Waals surface area contributed by atoms with E-state index in [0.29, 0.717) is 0 Å². The number of rotatable bonds is 5. The number of carbonyl (C=O) groups is 2. The van der Waals surface area contributed by atoms with Crippen LogP contribution >= 0.6 is 0 Å².